The molecule has 13 heteroatoms. The van der Waals surface area contributed by atoms with Crippen LogP contribution in [0.2, 0.25) is 5.02 Å². The highest BCUT2D eigenvalue weighted by Gasteiger charge is 2.67. The van der Waals surface area contributed by atoms with Gasteiger partial charge >= 0.3 is 6.18 Å². The van der Waals surface area contributed by atoms with E-state index >= 15 is 0 Å². The Morgan fingerprint density at radius 1 is 1.30 bits per heavy atom. The number of nitrogens with one attached hydrogen (secondary N) is 4. The summed E-state index contributed by atoms with van der Waals surface area (Å²) in [6.07, 6.45) is 4.08. The van der Waals surface area contributed by atoms with Crippen LogP contribution < -0.4 is 21.6 Å². The molecule has 4 N–H and O–H groups in total. The lowest BCUT2D eigenvalue weighted by Gasteiger charge is -2.28. The first kappa shape index (κ1) is 31.2. The average molecular weight is 626 g/mol. The molecule has 0 spiro atoms. The number of hydrogen-bond acceptors (Lipinski definition) is 8. The minimum atomic E-state index is -4.42. The van der Waals surface area contributed by atoms with Crippen LogP contribution >= 0.6 is 11.6 Å². The lowest BCUT2D eigenvalue weighted by molar-refractivity contribution is -0.195. The predicted molar refractivity (Wildman–Crippen MR) is 168 cm³/mol. The molecule has 1 aliphatic heterocycles. The topological polar surface area (TPSA) is 106 Å². The van der Waals surface area contributed by atoms with Crippen LogP contribution in [0.5, 0.6) is 0 Å². The Labute approximate surface area is 259 Å². The monoisotopic (exact) mass is 625 g/mol. The summed E-state index contributed by atoms with van der Waals surface area (Å²) < 4.78 is 43.6. The van der Waals surface area contributed by atoms with Crippen molar-refractivity contribution in [1.82, 2.24) is 30.7 Å². The Bertz CT molecular complexity index is 1710. The first-order chi connectivity index (χ1) is 20.7. The summed E-state index contributed by atoms with van der Waals surface area (Å²) in [7, 11) is 1.79. The summed E-state index contributed by atoms with van der Waals surface area (Å²) in [4.78, 5) is 4.43. The van der Waals surface area contributed by atoms with Gasteiger partial charge in [-0.15, -0.1) is 5.53 Å². The number of nitrogens with zero attached hydrogens (tertiary/aromatic N) is 5. The van der Waals surface area contributed by atoms with Gasteiger partial charge in [0.25, 0.3) is 0 Å². The predicted octanol–water partition coefficient (Wildman–Crippen LogP) is 6.74. The number of hydrazine groups is 2. The second-order valence-corrected chi connectivity index (χ2v) is 12.8. The van der Waals surface area contributed by atoms with Gasteiger partial charge in [-0.25, -0.2) is 0 Å². The van der Waals surface area contributed by atoms with Crippen molar-refractivity contribution in [2.24, 2.45) is 12.5 Å². The number of rotatable bonds is 9. The van der Waals surface area contributed by atoms with Crippen LogP contribution in [0.1, 0.15) is 57.4 Å². The van der Waals surface area contributed by atoms with Crippen LogP contribution in [0.3, 0.4) is 0 Å². The number of aryl methyl sites for hydroxylation is 1. The normalized spacial score (nSPS) is 16.9. The van der Waals surface area contributed by atoms with E-state index in [0.717, 1.165) is 10.6 Å². The molecule has 1 atom stereocenters. The zero-order chi connectivity index (χ0) is 32.0. The number of alkyl halides is 3. The van der Waals surface area contributed by atoms with Gasteiger partial charge in [0.05, 0.1) is 39.2 Å². The molecule has 1 aliphatic carbocycles. The number of halogens is 4. The van der Waals surface area contributed by atoms with Gasteiger partial charge in [-0.2, -0.15) is 23.5 Å². The average Bonchev–Trinajstić information content (AvgIpc) is 3.49. The van der Waals surface area contributed by atoms with E-state index in [-0.39, 0.29) is 18.3 Å². The number of benzene rings is 1. The number of nitriles is 1. The van der Waals surface area contributed by atoms with Crippen LogP contribution in [0, 0.1) is 16.7 Å². The highest BCUT2D eigenvalue weighted by molar-refractivity contribution is 6.35. The number of hydrogen-bond donors (Lipinski definition) is 4. The van der Waals surface area contributed by atoms with Gasteiger partial charge in [-0.05, 0) is 37.3 Å². The van der Waals surface area contributed by atoms with Gasteiger partial charge in [0, 0.05) is 54.4 Å². The molecule has 3 aromatic rings. The Hall–Kier alpha value is -4.21. The summed E-state index contributed by atoms with van der Waals surface area (Å²) in [6, 6.07) is 4.97. The van der Waals surface area contributed by atoms with Gasteiger partial charge in [0.1, 0.15) is 6.07 Å². The van der Waals surface area contributed by atoms with E-state index in [9.17, 15) is 18.4 Å². The zero-order valence-electron chi connectivity index (χ0n) is 25.2. The Morgan fingerprint density at radius 2 is 2.02 bits per heavy atom. The van der Waals surface area contributed by atoms with Gasteiger partial charge in [0.2, 0.25) is 0 Å². The Balaban J connectivity index is 1.60. The van der Waals surface area contributed by atoms with Crippen molar-refractivity contribution in [3.05, 3.63) is 70.9 Å². The van der Waals surface area contributed by atoms with E-state index < -0.39 is 17.8 Å². The van der Waals surface area contributed by atoms with Crippen LogP contribution in [-0.4, -0.2) is 44.1 Å². The molecule has 2 aromatic heterocycles. The van der Waals surface area contributed by atoms with E-state index in [0.29, 0.717) is 56.4 Å². The van der Waals surface area contributed by atoms with E-state index in [1.165, 1.54) is 12.4 Å². The van der Waals surface area contributed by atoms with Crippen molar-refractivity contribution >= 4 is 45.5 Å². The van der Waals surface area contributed by atoms with Crippen molar-refractivity contribution in [3.63, 3.8) is 0 Å². The van der Waals surface area contributed by atoms with Gasteiger partial charge in [0.15, 0.2) is 5.54 Å². The molecule has 0 saturated heterocycles. The third-order valence-electron chi connectivity index (χ3n) is 7.62. The molecule has 0 unspecified atom stereocenters. The third kappa shape index (κ3) is 5.94. The molecular formula is C31H35ClF3N9. The van der Waals surface area contributed by atoms with Crippen molar-refractivity contribution in [2.45, 2.75) is 58.3 Å². The van der Waals surface area contributed by atoms with Gasteiger partial charge < -0.3 is 16.1 Å². The first-order valence-electron chi connectivity index (χ1n) is 14.1. The number of allylic oxidation sites excluding steroid dienone is 1. The lowest BCUT2D eigenvalue weighted by Crippen LogP contribution is -2.52. The molecule has 1 aromatic carbocycles. The Kier molecular flexibility index (Phi) is 8.07. The highest BCUT2D eigenvalue weighted by atomic mass is 35.5. The fourth-order valence-electron chi connectivity index (χ4n) is 5.17. The van der Waals surface area contributed by atoms with Crippen LogP contribution in [-0.2, 0) is 7.05 Å². The summed E-state index contributed by atoms with van der Waals surface area (Å²) in [5.41, 5.74) is 7.90. The zero-order valence-corrected chi connectivity index (χ0v) is 26.0. The summed E-state index contributed by atoms with van der Waals surface area (Å²) in [5.74, 6) is 0. The second-order valence-electron chi connectivity index (χ2n) is 12.4. The molecular weight excluding hydrogens is 591 g/mol. The maximum Gasteiger partial charge on any atom is 0.413 e. The molecule has 1 saturated carbocycles. The molecule has 5 rings (SSSR count). The third-order valence-corrected chi connectivity index (χ3v) is 7.91. The number of anilines is 2. The minimum Gasteiger partial charge on any atom is -0.383 e. The molecule has 0 amide bonds. The molecule has 0 radical (unpaired) electrons. The molecule has 3 heterocycles. The molecule has 232 valence electrons. The van der Waals surface area contributed by atoms with Gasteiger partial charge in [-0.3, -0.25) is 14.7 Å². The van der Waals surface area contributed by atoms with E-state index in [1.54, 1.807) is 17.8 Å². The number of pyridine rings is 1. The summed E-state index contributed by atoms with van der Waals surface area (Å²) in [5, 5.41) is 23.3. The van der Waals surface area contributed by atoms with Gasteiger partial charge in [-0.1, -0.05) is 51.1 Å². The maximum atomic E-state index is 14.0. The molecule has 1 fully saturated rings. The summed E-state index contributed by atoms with van der Waals surface area (Å²) >= 11 is 6.73. The van der Waals surface area contributed by atoms with Crippen LogP contribution in [0.4, 0.5) is 24.5 Å². The van der Waals surface area contributed by atoms with Crippen molar-refractivity contribution in [2.75, 3.05) is 17.2 Å². The van der Waals surface area contributed by atoms with Crippen molar-refractivity contribution in [3.8, 4) is 6.07 Å². The maximum absolute atomic E-state index is 14.0. The SMILES string of the molecule is C=C(c1nn(C)cc1/C=C\C)[C@H](Nc1cc(Cl)c2ncc(C#N)c(NCC(C)(C)C)c2c1)C1=CN(C2(C(F)(F)F)CC2)NN1. The minimum absolute atomic E-state index is 0.0153. The van der Waals surface area contributed by atoms with Crippen LogP contribution in [0.25, 0.3) is 22.6 Å². The molecule has 0 bridgehead atoms. The molecule has 9 nitrogen and oxygen atoms in total. The summed E-state index contributed by atoms with van der Waals surface area (Å²) in [6.45, 7) is 13.0. The smallest absolute Gasteiger partial charge is 0.383 e. The fraction of sp³-hybridized carbons (Fsp3) is 0.387. The van der Waals surface area contributed by atoms with E-state index in [4.69, 9.17) is 11.6 Å². The fourth-order valence-corrected chi connectivity index (χ4v) is 5.44. The van der Waals surface area contributed by atoms with Crippen LogP contribution in [0.15, 0.2) is 49.1 Å². The quantitative estimate of drug-likeness (QED) is 0.207. The van der Waals surface area contributed by atoms with Crippen molar-refractivity contribution in [1.29, 1.82) is 5.26 Å². The van der Waals surface area contributed by atoms with Crippen molar-refractivity contribution < 1.29 is 13.2 Å². The highest BCUT2D eigenvalue weighted by Crippen LogP contribution is 2.53. The molecule has 2 aliphatic rings. The first-order valence-corrected chi connectivity index (χ1v) is 14.5. The van der Waals surface area contributed by atoms with E-state index in [2.05, 4.69) is 65.1 Å². The Morgan fingerprint density at radius 3 is 2.64 bits per heavy atom. The van der Waals surface area contributed by atoms with E-state index in [1.807, 2.05) is 31.3 Å². The second kappa shape index (κ2) is 11.4. The number of fused-ring (bicyclic) bond motifs is 1. The standard InChI is InChI=1S/C31H35ClF3N9/c1-7-8-19-15-43(6)41-25(19)18(2)26(24-16-44(42-40-24)30(9-10-30)31(33,34)35)39-21-11-22-27(38-17-29(3,4)5)20(13-36)14-37-28(22)23(32)12-21/h7-8,11-12,14-16,26,39-40,42H,2,9-10,17H2,1,3-6H3,(H,37,38)/b8-7-/t26-/m0/s1. The lowest BCUT2D eigenvalue weighted by atomic mass is 9.96. The molecule has 44 heavy (non-hydrogen) atoms. The largest absolute Gasteiger partial charge is 0.413 e. The number of aromatic nitrogens is 3.